The lowest BCUT2D eigenvalue weighted by molar-refractivity contribution is 1.22. The third-order valence-electron chi connectivity index (χ3n) is 1.28. The smallest absolute Gasteiger partial charge is 0.125 e. The summed E-state index contributed by atoms with van der Waals surface area (Å²) >= 11 is 0. The molecule has 0 amide bonds. The van der Waals surface area contributed by atoms with E-state index in [-0.39, 0.29) is 11.7 Å². The highest BCUT2D eigenvalue weighted by Crippen LogP contribution is 2.33. The molecule has 5 nitrogen and oxygen atoms in total. The largest absolute Gasteiger partial charge is 0.397 e. The minimum atomic E-state index is -0.0825. The molecule has 5 heteroatoms. The van der Waals surface area contributed by atoms with E-state index >= 15 is 0 Å². The van der Waals surface area contributed by atoms with Crippen molar-refractivity contribution in [2.24, 2.45) is 22.9 Å². The zero-order chi connectivity index (χ0) is 7.89. The van der Waals surface area contributed by atoms with Gasteiger partial charge in [0.05, 0.1) is 16.8 Å². The minimum Gasteiger partial charge on any atom is -0.397 e. The van der Waals surface area contributed by atoms with Crippen molar-refractivity contribution in [2.75, 3.05) is 0 Å². The molecule has 9 N–H and O–H groups in total. The average molecular weight is 139 g/mol. The molecule has 1 rings (SSSR count). The lowest BCUT2D eigenvalue weighted by atomic mass is 10.4. The maximum absolute atomic E-state index is 6.96. The van der Waals surface area contributed by atoms with Gasteiger partial charge in [-0.05, 0) is 0 Å². The van der Waals surface area contributed by atoms with Crippen molar-refractivity contribution >= 4 is 5.84 Å². The predicted octanol–water partition coefficient (Wildman–Crippen LogP) is -1.72. The van der Waals surface area contributed by atoms with Gasteiger partial charge in [-0.2, -0.15) is 0 Å². The van der Waals surface area contributed by atoms with Crippen LogP contribution in [0.2, 0.25) is 0 Å². The summed E-state index contributed by atoms with van der Waals surface area (Å²) in [7, 11) is 0. The van der Waals surface area contributed by atoms with Gasteiger partial charge in [0.25, 0.3) is 0 Å². The number of hydrogen-bond donors (Lipinski definition) is 5. The molecule has 0 aliphatic heterocycles. The molecular formula is C5H9N5. The number of amidine groups is 1. The summed E-state index contributed by atoms with van der Waals surface area (Å²) in [5.41, 5.74) is 22.3. The Morgan fingerprint density at radius 3 is 1.80 bits per heavy atom. The third kappa shape index (κ3) is 0.680. The molecule has 0 aromatic rings. The van der Waals surface area contributed by atoms with Gasteiger partial charge in [0.2, 0.25) is 0 Å². The standard InChI is InChI=1S/C5H9N5/c6-3-1(4(7)8)2(3)5(9)10/h6-8H2,(H3,9,10). The number of nitrogens with one attached hydrogen (secondary N) is 1. The summed E-state index contributed by atoms with van der Waals surface area (Å²) < 4.78 is 0. The Balaban J connectivity index is 2.89. The fourth-order valence-corrected chi connectivity index (χ4v) is 0.782. The fraction of sp³-hybridized carbons (Fsp3) is 0. The normalized spacial score (nSPS) is 15.4. The molecule has 0 spiro atoms. The molecule has 0 fully saturated rings. The van der Waals surface area contributed by atoms with Crippen LogP contribution in [0.1, 0.15) is 0 Å². The van der Waals surface area contributed by atoms with Crippen LogP contribution in [0.5, 0.6) is 0 Å². The van der Waals surface area contributed by atoms with E-state index < -0.39 is 0 Å². The first-order chi connectivity index (χ1) is 4.55. The van der Waals surface area contributed by atoms with Crippen LogP contribution < -0.4 is 22.9 Å². The van der Waals surface area contributed by atoms with Crippen molar-refractivity contribution in [1.82, 2.24) is 0 Å². The van der Waals surface area contributed by atoms with Crippen LogP contribution in [0, 0.1) is 5.41 Å². The van der Waals surface area contributed by atoms with Gasteiger partial charge in [-0.3, -0.25) is 5.41 Å². The van der Waals surface area contributed by atoms with E-state index in [1.54, 1.807) is 0 Å². The summed E-state index contributed by atoms with van der Waals surface area (Å²) in [6.45, 7) is 0. The van der Waals surface area contributed by atoms with Gasteiger partial charge in [0.15, 0.2) is 0 Å². The second-order valence-electron chi connectivity index (χ2n) is 2.03. The molecule has 0 radical (unpaired) electrons. The first kappa shape index (κ1) is 6.47. The lowest BCUT2D eigenvalue weighted by Gasteiger charge is -1.88. The molecule has 0 aromatic carbocycles. The second kappa shape index (κ2) is 1.66. The maximum Gasteiger partial charge on any atom is 0.125 e. The zero-order valence-electron chi connectivity index (χ0n) is 5.31. The highest BCUT2D eigenvalue weighted by atomic mass is 14.9. The molecular weight excluding hydrogens is 130 g/mol. The molecule has 0 heterocycles. The Morgan fingerprint density at radius 2 is 1.70 bits per heavy atom. The molecule has 1 aliphatic rings. The van der Waals surface area contributed by atoms with E-state index in [2.05, 4.69) is 0 Å². The predicted molar refractivity (Wildman–Crippen MR) is 38.5 cm³/mol. The minimum absolute atomic E-state index is 0.0825. The van der Waals surface area contributed by atoms with Gasteiger partial charge in [0.1, 0.15) is 11.7 Å². The van der Waals surface area contributed by atoms with E-state index in [4.69, 9.17) is 28.3 Å². The van der Waals surface area contributed by atoms with E-state index in [1.807, 2.05) is 0 Å². The van der Waals surface area contributed by atoms with Crippen LogP contribution in [0.25, 0.3) is 0 Å². The summed E-state index contributed by atoms with van der Waals surface area (Å²) in [6.07, 6.45) is 0. The summed E-state index contributed by atoms with van der Waals surface area (Å²) in [4.78, 5) is 0. The van der Waals surface area contributed by atoms with E-state index in [9.17, 15) is 0 Å². The Kier molecular flexibility index (Phi) is 1.08. The number of rotatable bonds is 1. The topological polar surface area (TPSA) is 128 Å². The zero-order valence-corrected chi connectivity index (χ0v) is 5.31. The highest BCUT2D eigenvalue weighted by molar-refractivity contribution is 6.08. The Hall–Kier alpha value is -1.65. The molecule has 0 bridgehead atoms. The molecule has 0 aromatic heterocycles. The van der Waals surface area contributed by atoms with E-state index in [1.165, 1.54) is 0 Å². The van der Waals surface area contributed by atoms with Crippen molar-refractivity contribution in [3.8, 4) is 0 Å². The third-order valence-corrected chi connectivity index (χ3v) is 1.28. The average Bonchev–Trinajstić information content (AvgIpc) is 2.40. The van der Waals surface area contributed by atoms with Crippen LogP contribution in [0.3, 0.4) is 0 Å². The molecule has 10 heavy (non-hydrogen) atoms. The van der Waals surface area contributed by atoms with Gasteiger partial charge in [0, 0.05) is 0 Å². The van der Waals surface area contributed by atoms with Crippen LogP contribution in [-0.2, 0) is 0 Å². The number of hydrogen-bond acceptors (Lipinski definition) is 4. The molecule has 0 unspecified atom stereocenters. The lowest BCUT2D eigenvalue weighted by Crippen LogP contribution is -2.12. The van der Waals surface area contributed by atoms with Crippen molar-refractivity contribution in [1.29, 1.82) is 5.41 Å². The molecule has 1 aliphatic carbocycles. The Labute approximate surface area is 57.9 Å². The monoisotopic (exact) mass is 139 g/mol. The molecule has 54 valence electrons. The first-order valence-electron chi connectivity index (χ1n) is 2.65. The van der Waals surface area contributed by atoms with Crippen LogP contribution in [-0.4, -0.2) is 5.84 Å². The number of nitrogens with two attached hydrogens (primary N) is 4. The summed E-state index contributed by atoms with van der Waals surface area (Å²) in [5, 5.41) is 6.96. The van der Waals surface area contributed by atoms with Gasteiger partial charge < -0.3 is 22.9 Å². The van der Waals surface area contributed by atoms with Gasteiger partial charge in [-0.25, -0.2) is 0 Å². The summed E-state index contributed by atoms with van der Waals surface area (Å²) in [6, 6.07) is 0. The van der Waals surface area contributed by atoms with Gasteiger partial charge >= 0.3 is 0 Å². The second-order valence-corrected chi connectivity index (χ2v) is 2.03. The molecule has 0 atom stereocenters. The van der Waals surface area contributed by atoms with Crippen molar-refractivity contribution in [3.63, 3.8) is 0 Å². The SMILES string of the molecule is N=C(N)C1=C(N)C1=C(N)N. The highest BCUT2D eigenvalue weighted by Gasteiger charge is 2.31. The van der Waals surface area contributed by atoms with Crippen LogP contribution in [0.15, 0.2) is 22.7 Å². The Bertz CT molecular complexity index is 255. The van der Waals surface area contributed by atoms with Crippen LogP contribution >= 0.6 is 0 Å². The van der Waals surface area contributed by atoms with Crippen molar-refractivity contribution < 1.29 is 0 Å². The Morgan fingerprint density at radius 1 is 1.20 bits per heavy atom. The van der Waals surface area contributed by atoms with Gasteiger partial charge in [-0.1, -0.05) is 0 Å². The molecule has 0 saturated carbocycles. The number of allylic oxidation sites excluding steroid dienone is 1. The van der Waals surface area contributed by atoms with Crippen molar-refractivity contribution in [2.45, 2.75) is 0 Å². The van der Waals surface area contributed by atoms with Crippen molar-refractivity contribution in [3.05, 3.63) is 22.7 Å². The fourth-order valence-electron chi connectivity index (χ4n) is 0.782. The van der Waals surface area contributed by atoms with E-state index in [0.717, 1.165) is 0 Å². The first-order valence-corrected chi connectivity index (χ1v) is 2.65. The summed E-state index contributed by atoms with van der Waals surface area (Å²) in [5.74, 6) is 0.0450. The van der Waals surface area contributed by atoms with Gasteiger partial charge in [-0.15, -0.1) is 0 Å². The van der Waals surface area contributed by atoms with E-state index in [0.29, 0.717) is 16.8 Å². The van der Waals surface area contributed by atoms with Crippen LogP contribution in [0.4, 0.5) is 0 Å². The maximum atomic E-state index is 6.96. The quantitative estimate of drug-likeness (QED) is 0.218. The molecule has 0 saturated heterocycles.